The quantitative estimate of drug-likeness (QED) is 0.342. The lowest BCUT2D eigenvalue weighted by atomic mass is 9.60. The topological polar surface area (TPSA) is 101 Å². The number of nitrogens with zero attached hydrogens (tertiary/aromatic N) is 1. The van der Waals surface area contributed by atoms with Crippen molar-refractivity contribution in [2.24, 2.45) is 23.7 Å². The van der Waals surface area contributed by atoms with Gasteiger partial charge in [0.05, 0.1) is 25.5 Å². The van der Waals surface area contributed by atoms with Gasteiger partial charge in [0, 0.05) is 22.6 Å². The minimum Gasteiger partial charge on any atom is -0.504 e. The van der Waals surface area contributed by atoms with Gasteiger partial charge in [-0.15, -0.1) is 0 Å². The van der Waals surface area contributed by atoms with E-state index in [9.17, 15) is 24.3 Å². The molecule has 2 aromatic rings. The maximum absolute atomic E-state index is 13.8. The first-order valence-corrected chi connectivity index (χ1v) is 13.4. The van der Waals surface area contributed by atoms with E-state index in [4.69, 9.17) is 4.74 Å². The van der Waals surface area contributed by atoms with Gasteiger partial charge in [0.1, 0.15) is 0 Å². The highest BCUT2D eigenvalue weighted by Crippen LogP contribution is 2.52. The van der Waals surface area contributed by atoms with Crippen LogP contribution in [0, 0.1) is 23.7 Å². The van der Waals surface area contributed by atoms with Crippen molar-refractivity contribution >= 4 is 29.5 Å². The molecule has 202 valence electrons. The third-order valence-corrected chi connectivity index (χ3v) is 8.57. The molecule has 1 fully saturated rings. The number of carbonyl (C=O) groups is 4. The highest BCUT2D eigenvalue weighted by Gasteiger charge is 2.55. The van der Waals surface area contributed by atoms with Gasteiger partial charge in [-0.25, -0.2) is 0 Å². The Morgan fingerprint density at radius 1 is 1.02 bits per heavy atom. The summed E-state index contributed by atoms with van der Waals surface area (Å²) in [6, 6.07) is 14.4. The Morgan fingerprint density at radius 2 is 1.80 bits per heavy atom. The number of imide groups is 1. The summed E-state index contributed by atoms with van der Waals surface area (Å²) in [6.45, 7) is 1.86. The molecule has 2 aromatic carbocycles. The fourth-order valence-corrected chi connectivity index (χ4v) is 6.63. The molecule has 1 aliphatic heterocycles. The van der Waals surface area contributed by atoms with Gasteiger partial charge in [-0.05, 0) is 55.0 Å². The average molecular weight is 536 g/mol. The first-order chi connectivity index (χ1) is 19.3. The minimum atomic E-state index is -0.579. The van der Waals surface area contributed by atoms with Crippen LogP contribution in [0.2, 0.25) is 0 Å². The number of hydrogen-bond acceptors (Lipinski definition) is 6. The number of Topliss-reactive ketones (excluding diaryl/α,β-unsaturated/α-hetero) is 1. The summed E-state index contributed by atoms with van der Waals surface area (Å²) in [5, 5.41) is 9.98. The fourth-order valence-electron chi connectivity index (χ4n) is 6.63. The largest absolute Gasteiger partial charge is 0.504 e. The number of ketones is 2. The number of phenols is 1. The Hall–Kier alpha value is -4.52. The van der Waals surface area contributed by atoms with E-state index in [0.29, 0.717) is 28.9 Å². The van der Waals surface area contributed by atoms with Gasteiger partial charge >= 0.3 is 0 Å². The highest BCUT2D eigenvalue weighted by molar-refractivity contribution is 6.23. The van der Waals surface area contributed by atoms with E-state index in [0.717, 1.165) is 16.7 Å². The minimum absolute atomic E-state index is 0.0155. The smallest absolute Gasteiger partial charge is 0.234 e. The van der Waals surface area contributed by atoms with Crippen molar-refractivity contribution in [2.75, 3.05) is 7.11 Å². The maximum Gasteiger partial charge on any atom is 0.234 e. The predicted octanol–water partition coefficient (Wildman–Crippen LogP) is 4.58. The van der Waals surface area contributed by atoms with Crippen molar-refractivity contribution in [3.05, 3.63) is 100 Å². The van der Waals surface area contributed by atoms with E-state index in [1.54, 1.807) is 19.1 Å². The lowest BCUT2D eigenvalue weighted by Crippen LogP contribution is -2.40. The fraction of sp³-hybridized carbons (Fsp3) is 0.273. The first-order valence-electron chi connectivity index (χ1n) is 13.4. The van der Waals surface area contributed by atoms with E-state index in [1.165, 1.54) is 24.2 Å². The highest BCUT2D eigenvalue weighted by atomic mass is 16.5. The van der Waals surface area contributed by atoms with E-state index in [1.807, 2.05) is 48.6 Å². The van der Waals surface area contributed by atoms with Crippen LogP contribution in [0.25, 0.3) is 6.08 Å². The first kappa shape index (κ1) is 25.7. The van der Waals surface area contributed by atoms with Gasteiger partial charge in [0.25, 0.3) is 0 Å². The van der Waals surface area contributed by atoms with Gasteiger partial charge < -0.3 is 9.84 Å². The number of benzene rings is 2. The molecular formula is C33H29NO6. The number of hydrogen-bond donors (Lipinski definition) is 1. The molecular weight excluding hydrogens is 506 g/mol. The molecule has 6 rings (SSSR count). The number of phenolic OH excluding ortho intramolecular Hbond substituents is 1. The summed E-state index contributed by atoms with van der Waals surface area (Å²) in [5.74, 6) is -2.38. The van der Waals surface area contributed by atoms with Crippen molar-refractivity contribution in [2.45, 2.75) is 26.3 Å². The summed E-state index contributed by atoms with van der Waals surface area (Å²) < 4.78 is 5.23. The van der Waals surface area contributed by atoms with Crippen molar-refractivity contribution in [3.63, 3.8) is 0 Å². The van der Waals surface area contributed by atoms with E-state index >= 15 is 0 Å². The predicted molar refractivity (Wildman–Crippen MR) is 148 cm³/mol. The van der Waals surface area contributed by atoms with Crippen LogP contribution >= 0.6 is 0 Å². The Morgan fingerprint density at radius 3 is 2.55 bits per heavy atom. The average Bonchev–Trinajstić information content (AvgIpc) is 3.20. The van der Waals surface area contributed by atoms with Gasteiger partial charge in [-0.1, -0.05) is 60.2 Å². The molecule has 1 N–H and O–H groups in total. The molecule has 0 aromatic heterocycles. The number of rotatable bonds is 5. The van der Waals surface area contributed by atoms with E-state index in [2.05, 4.69) is 0 Å². The van der Waals surface area contributed by atoms with Gasteiger partial charge in [0.2, 0.25) is 11.8 Å². The van der Waals surface area contributed by atoms with E-state index in [-0.39, 0.29) is 48.0 Å². The Kier molecular flexibility index (Phi) is 6.37. The van der Waals surface area contributed by atoms with Crippen LogP contribution in [0.3, 0.4) is 0 Å². The van der Waals surface area contributed by atoms with Gasteiger partial charge in [-0.3, -0.25) is 24.1 Å². The van der Waals surface area contributed by atoms with Crippen LogP contribution in [0.4, 0.5) is 0 Å². The van der Waals surface area contributed by atoms with Crippen molar-refractivity contribution < 1.29 is 29.0 Å². The van der Waals surface area contributed by atoms with Crippen molar-refractivity contribution in [3.8, 4) is 11.5 Å². The molecule has 0 unspecified atom stereocenters. The van der Waals surface area contributed by atoms with Crippen LogP contribution in [0.15, 0.2) is 89.1 Å². The number of allylic oxidation sites excluding steroid dienone is 7. The van der Waals surface area contributed by atoms with Crippen LogP contribution in [0.5, 0.6) is 11.5 Å². The number of fused-ring (bicyclic) bond motifs is 3. The SMILES string of the molecule is COc1cc(C=C[C@H]2C3=CC[C@@H]4C(=O)N(Cc5ccccc5)C(=O)[C@@H]4[C@@H]3CC3=C2C(=O)C(C)=CC3=O)ccc1O. The molecule has 0 saturated carbocycles. The zero-order valence-electron chi connectivity index (χ0n) is 22.3. The molecule has 0 radical (unpaired) electrons. The molecule has 4 aliphatic rings. The molecule has 1 heterocycles. The normalized spacial score (nSPS) is 26.0. The third-order valence-electron chi connectivity index (χ3n) is 8.57. The van der Waals surface area contributed by atoms with Crippen LogP contribution in [-0.4, -0.2) is 40.5 Å². The Bertz CT molecular complexity index is 1580. The number of aromatic hydroxyl groups is 1. The molecule has 4 atom stereocenters. The molecule has 1 saturated heterocycles. The second kappa shape index (κ2) is 9.90. The lowest BCUT2D eigenvalue weighted by Gasteiger charge is -2.41. The summed E-state index contributed by atoms with van der Waals surface area (Å²) in [4.78, 5) is 55.2. The summed E-state index contributed by atoms with van der Waals surface area (Å²) in [5.41, 5.74) is 3.80. The molecule has 7 heteroatoms. The molecule has 0 bridgehead atoms. The second-order valence-electron chi connectivity index (χ2n) is 10.8. The van der Waals surface area contributed by atoms with Gasteiger partial charge in [0.15, 0.2) is 23.1 Å². The second-order valence-corrected chi connectivity index (χ2v) is 10.8. The molecule has 0 spiro atoms. The molecule has 40 heavy (non-hydrogen) atoms. The Balaban J connectivity index is 1.39. The molecule has 7 nitrogen and oxygen atoms in total. The zero-order chi connectivity index (χ0) is 28.1. The van der Waals surface area contributed by atoms with Crippen LogP contribution in [0.1, 0.15) is 30.9 Å². The number of ether oxygens (including phenoxy) is 1. The third kappa shape index (κ3) is 4.13. The summed E-state index contributed by atoms with van der Waals surface area (Å²) in [7, 11) is 1.47. The lowest BCUT2D eigenvalue weighted by molar-refractivity contribution is -0.140. The monoisotopic (exact) mass is 535 g/mol. The number of methoxy groups -OCH3 is 1. The van der Waals surface area contributed by atoms with Crippen LogP contribution < -0.4 is 4.74 Å². The Labute approximate surface area is 232 Å². The maximum atomic E-state index is 13.8. The zero-order valence-corrected chi connectivity index (χ0v) is 22.3. The number of carbonyl (C=O) groups excluding carboxylic acids is 4. The van der Waals surface area contributed by atoms with Crippen molar-refractivity contribution in [1.29, 1.82) is 0 Å². The van der Waals surface area contributed by atoms with E-state index < -0.39 is 17.8 Å². The van der Waals surface area contributed by atoms with Crippen molar-refractivity contribution in [1.82, 2.24) is 4.90 Å². The number of likely N-dealkylation sites (tertiary alicyclic amines) is 1. The summed E-state index contributed by atoms with van der Waals surface area (Å²) in [6.07, 6.45) is 7.76. The van der Waals surface area contributed by atoms with Crippen LogP contribution in [-0.2, 0) is 25.7 Å². The van der Waals surface area contributed by atoms with Gasteiger partial charge in [-0.2, -0.15) is 0 Å². The molecule has 3 aliphatic carbocycles. The standard InChI is InChI=1S/C33H29NO6/c1-18-14-27(36)25-16-24-21(22(29(25)31(18)37)10-8-19-9-13-26(35)28(15-19)40-2)11-12-23-30(24)33(39)34(32(23)38)17-20-6-4-3-5-7-20/h3-11,13-15,22-24,30,35H,12,16-17H2,1-2H3/t22-,23-,24+,30-/m0/s1. The summed E-state index contributed by atoms with van der Waals surface area (Å²) >= 11 is 0. The number of amides is 2. The molecule has 2 amide bonds.